The van der Waals surface area contributed by atoms with Gasteiger partial charge in [-0.25, -0.2) is 14.9 Å². The minimum Gasteiger partial charge on any atom is -0.444 e. The third-order valence-electron chi connectivity index (χ3n) is 2.64. The maximum atomic E-state index is 11.7. The van der Waals surface area contributed by atoms with E-state index in [0.29, 0.717) is 10.7 Å². The number of carbonyl (C=O) groups is 1. The fraction of sp³-hybridized carbons (Fsp3) is 0.273. The van der Waals surface area contributed by atoms with Crippen LogP contribution in [0.3, 0.4) is 0 Å². The van der Waals surface area contributed by atoms with Crippen LogP contribution in [0.1, 0.15) is 5.69 Å². The average Bonchev–Trinajstić information content (AvgIpc) is 2.99. The molecule has 0 spiro atoms. The molecule has 0 saturated carbocycles. The first kappa shape index (κ1) is 15.5. The van der Waals surface area contributed by atoms with Gasteiger partial charge in [0, 0.05) is 24.0 Å². The van der Waals surface area contributed by atoms with E-state index >= 15 is 0 Å². The molecular weight excluding hydrogens is 316 g/mol. The van der Waals surface area contributed by atoms with Crippen molar-refractivity contribution in [1.29, 1.82) is 0 Å². The number of rotatable bonds is 6. The Morgan fingerprint density at radius 3 is 3.05 bits per heavy atom. The van der Waals surface area contributed by atoms with Crippen LogP contribution in [0.25, 0.3) is 4.83 Å². The Labute approximate surface area is 125 Å². The molecule has 2 aromatic rings. The zero-order valence-electron chi connectivity index (χ0n) is 11.0. The highest BCUT2D eigenvalue weighted by molar-refractivity contribution is 7.87. The summed E-state index contributed by atoms with van der Waals surface area (Å²) in [7, 11) is -4.18. The van der Waals surface area contributed by atoms with E-state index in [0.717, 1.165) is 10.5 Å². The second kappa shape index (κ2) is 6.24. The third kappa shape index (κ3) is 3.60. The number of aromatic nitrogens is 2. The fourth-order valence-electron chi connectivity index (χ4n) is 1.69. The highest BCUT2D eigenvalue weighted by Crippen LogP contribution is 2.16. The molecule has 2 aromatic heterocycles. The molecule has 114 valence electrons. The van der Waals surface area contributed by atoms with Gasteiger partial charge in [0.05, 0.1) is 6.20 Å². The molecule has 2 heterocycles. The van der Waals surface area contributed by atoms with Gasteiger partial charge in [0.15, 0.2) is 0 Å². The molecule has 1 amide bonds. The van der Waals surface area contributed by atoms with Crippen molar-refractivity contribution in [1.82, 2.24) is 13.7 Å². The summed E-state index contributed by atoms with van der Waals surface area (Å²) in [5, 5.41) is 6.91. The number of nitrogens with two attached hydrogens (primary N) is 1. The van der Waals surface area contributed by atoms with Crippen molar-refractivity contribution in [2.75, 3.05) is 13.2 Å². The lowest BCUT2D eigenvalue weighted by molar-refractivity contribution is 0.137. The fourth-order valence-corrected chi connectivity index (χ4v) is 3.19. The number of hydrogen-bond acceptors (Lipinski definition) is 6. The van der Waals surface area contributed by atoms with Crippen LogP contribution in [0.15, 0.2) is 30.6 Å². The molecule has 21 heavy (non-hydrogen) atoms. The Hall–Kier alpha value is -1.91. The molecule has 0 radical (unpaired) electrons. The molecule has 0 atom stereocenters. The molecule has 0 aliphatic carbocycles. The lowest BCUT2D eigenvalue weighted by atomic mass is 10.3. The molecule has 0 aromatic carbocycles. The van der Waals surface area contributed by atoms with Crippen molar-refractivity contribution in [3.05, 3.63) is 36.3 Å². The number of imidazole rings is 1. The van der Waals surface area contributed by atoms with Crippen LogP contribution in [-0.4, -0.2) is 41.4 Å². The SMILES string of the molecule is C=CCOC(=O)N(CCc1csc2cncn12)S(N)(=O)=O. The monoisotopic (exact) mass is 330 g/mol. The summed E-state index contributed by atoms with van der Waals surface area (Å²) in [6.07, 6.45) is 3.94. The zero-order valence-corrected chi connectivity index (χ0v) is 12.6. The largest absolute Gasteiger partial charge is 0.444 e. The molecule has 0 aliphatic heterocycles. The van der Waals surface area contributed by atoms with Gasteiger partial charge in [-0.15, -0.1) is 11.3 Å². The molecule has 0 aliphatic rings. The normalized spacial score (nSPS) is 11.5. The summed E-state index contributed by atoms with van der Waals surface area (Å²) in [5.41, 5.74) is 0.831. The Morgan fingerprint density at radius 1 is 1.62 bits per heavy atom. The molecule has 2 N–H and O–H groups in total. The van der Waals surface area contributed by atoms with E-state index in [-0.39, 0.29) is 13.2 Å². The first-order valence-electron chi connectivity index (χ1n) is 5.90. The zero-order chi connectivity index (χ0) is 15.5. The maximum absolute atomic E-state index is 11.7. The van der Waals surface area contributed by atoms with Gasteiger partial charge in [-0.3, -0.25) is 4.40 Å². The van der Waals surface area contributed by atoms with Crippen molar-refractivity contribution in [2.45, 2.75) is 6.42 Å². The molecule has 10 heteroatoms. The topological polar surface area (TPSA) is 107 Å². The number of hydrogen-bond donors (Lipinski definition) is 1. The van der Waals surface area contributed by atoms with E-state index in [1.54, 1.807) is 12.5 Å². The summed E-state index contributed by atoms with van der Waals surface area (Å²) in [4.78, 5) is 16.6. The van der Waals surface area contributed by atoms with Gasteiger partial charge in [0.2, 0.25) is 0 Å². The van der Waals surface area contributed by atoms with Gasteiger partial charge < -0.3 is 4.74 Å². The molecule has 2 rings (SSSR count). The van der Waals surface area contributed by atoms with Crippen molar-refractivity contribution >= 4 is 32.5 Å². The van der Waals surface area contributed by atoms with Crippen LogP contribution in [0.2, 0.25) is 0 Å². The van der Waals surface area contributed by atoms with Crippen LogP contribution in [0.5, 0.6) is 0 Å². The number of nitrogens with zero attached hydrogens (tertiary/aromatic N) is 3. The first-order valence-corrected chi connectivity index (χ1v) is 8.28. The quantitative estimate of drug-likeness (QED) is 0.787. The highest BCUT2D eigenvalue weighted by Gasteiger charge is 2.25. The van der Waals surface area contributed by atoms with Gasteiger partial charge >= 0.3 is 16.3 Å². The van der Waals surface area contributed by atoms with E-state index in [1.165, 1.54) is 17.4 Å². The molecule has 8 nitrogen and oxygen atoms in total. The summed E-state index contributed by atoms with van der Waals surface area (Å²) < 4.78 is 30.0. The summed E-state index contributed by atoms with van der Waals surface area (Å²) in [6.45, 7) is 3.18. The standard InChI is InChI=1S/C11H14N4O4S2/c1-2-5-19-11(16)15(21(12,17)18)4-3-9-7-20-10-6-13-8-14(9)10/h2,6-8H,1,3-5H2,(H2,12,17,18). The van der Waals surface area contributed by atoms with E-state index in [1.807, 2.05) is 9.78 Å². The molecule has 0 unspecified atom stereocenters. The summed E-state index contributed by atoms with van der Waals surface area (Å²) in [6, 6.07) is 0. The van der Waals surface area contributed by atoms with Crippen LogP contribution in [0, 0.1) is 0 Å². The minimum atomic E-state index is -4.18. The number of fused-ring (bicyclic) bond motifs is 1. The van der Waals surface area contributed by atoms with Crippen LogP contribution in [-0.2, 0) is 21.4 Å². The number of ether oxygens (including phenoxy) is 1. The van der Waals surface area contributed by atoms with Crippen LogP contribution < -0.4 is 5.14 Å². The number of carbonyl (C=O) groups excluding carboxylic acids is 1. The number of thiazole rings is 1. The van der Waals surface area contributed by atoms with Gasteiger partial charge in [-0.05, 0) is 0 Å². The third-order valence-corrected chi connectivity index (χ3v) is 4.52. The van der Waals surface area contributed by atoms with Gasteiger partial charge in [-0.1, -0.05) is 12.7 Å². The van der Waals surface area contributed by atoms with Crippen molar-refractivity contribution < 1.29 is 17.9 Å². The Balaban J connectivity index is 2.11. The van der Waals surface area contributed by atoms with Crippen LogP contribution in [0.4, 0.5) is 4.79 Å². The molecule has 0 fully saturated rings. The van der Waals surface area contributed by atoms with Gasteiger partial charge in [-0.2, -0.15) is 12.7 Å². The smallest absolute Gasteiger partial charge is 0.424 e. The summed E-state index contributed by atoms with van der Waals surface area (Å²) >= 11 is 1.47. The Morgan fingerprint density at radius 2 is 2.38 bits per heavy atom. The van der Waals surface area contributed by atoms with E-state index in [9.17, 15) is 13.2 Å². The van der Waals surface area contributed by atoms with E-state index in [2.05, 4.69) is 11.6 Å². The van der Waals surface area contributed by atoms with Gasteiger partial charge in [0.1, 0.15) is 17.8 Å². The highest BCUT2D eigenvalue weighted by atomic mass is 32.2. The van der Waals surface area contributed by atoms with Crippen LogP contribution >= 0.6 is 11.3 Å². The second-order valence-corrected chi connectivity index (χ2v) is 6.42. The van der Waals surface area contributed by atoms with Crippen molar-refractivity contribution in [2.24, 2.45) is 5.14 Å². The van der Waals surface area contributed by atoms with Crippen molar-refractivity contribution in [3.8, 4) is 0 Å². The molecular formula is C11H14N4O4S2. The van der Waals surface area contributed by atoms with Gasteiger partial charge in [0.25, 0.3) is 0 Å². The van der Waals surface area contributed by atoms with Crippen molar-refractivity contribution in [3.63, 3.8) is 0 Å². The molecule has 0 saturated heterocycles. The first-order chi connectivity index (χ1) is 9.93. The minimum absolute atomic E-state index is 0.0882. The average molecular weight is 330 g/mol. The Kier molecular flexibility index (Phi) is 4.60. The van der Waals surface area contributed by atoms with E-state index in [4.69, 9.17) is 9.88 Å². The Bertz CT molecular complexity index is 749. The lowest BCUT2D eigenvalue weighted by Gasteiger charge is -2.18. The predicted molar refractivity (Wildman–Crippen MR) is 78.1 cm³/mol. The second-order valence-electron chi connectivity index (χ2n) is 4.06. The maximum Gasteiger partial charge on any atom is 0.424 e. The number of amides is 1. The lowest BCUT2D eigenvalue weighted by Crippen LogP contribution is -2.43. The van der Waals surface area contributed by atoms with E-state index < -0.39 is 16.3 Å². The summed E-state index contributed by atoms with van der Waals surface area (Å²) in [5.74, 6) is 0. The predicted octanol–water partition coefficient (Wildman–Crippen LogP) is 0.766. The molecule has 0 bridgehead atoms.